The van der Waals surface area contributed by atoms with Crippen LogP contribution in [0.5, 0.6) is 0 Å². The van der Waals surface area contributed by atoms with Gasteiger partial charge >= 0.3 is 0 Å². The van der Waals surface area contributed by atoms with Gasteiger partial charge in [0.05, 0.1) is 5.69 Å². The second-order valence-electron chi connectivity index (χ2n) is 10.6. The number of nitrogens with one attached hydrogen (secondary N) is 1. The topological polar surface area (TPSA) is 69.7 Å². The predicted octanol–water partition coefficient (Wildman–Crippen LogP) is 5.22. The van der Waals surface area contributed by atoms with E-state index < -0.39 is 11.6 Å². The van der Waals surface area contributed by atoms with Crippen LogP contribution >= 0.6 is 0 Å². The molecule has 1 N–H and O–H groups in total. The second-order valence-corrected chi connectivity index (χ2v) is 10.6. The number of aryl methyl sites for hydroxylation is 1. The quantitative estimate of drug-likeness (QED) is 0.476. The Morgan fingerprint density at radius 3 is 2.39 bits per heavy atom. The molecule has 6 nitrogen and oxygen atoms in total. The molecule has 0 aliphatic carbocycles. The van der Waals surface area contributed by atoms with Gasteiger partial charge in [0.25, 0.3) is 5.91 Å². The van der Waals surface area contributed by atoms with Crippen molar-refractivity contribution in [1.29, 1.82) is 0 Å². The molecule has 0 radical (unpaired) electrons. The minimum Gasteiger partial charge on any atom is -0.350 e. The Hall–Kier alpha value is -3.67. The monoisotopic (exact) mass is 485 g/mol. The third-order valence-electron chi connectivity index (χ3n) is 6.69. The molecular formula is C30H35N3O3. The minimum absolute atomic E-state index is 0.0241. The average molecular weight is 486 g/mol. The van der Waals surface area contributed by atoms with Crippen molar-refractivity contribution in [3.8, 4) is 0 Å². The first-order valence-corrected chi connectivity index (χ1v) is 12.6. The first-order valence-electron chi connectivity index (χ1n) is 12.6. The number of anilines is 1. The van der Waals surface area contributed by atoms with E-state index >= 15 is 0 Å². The molecule has 1 aliphatic rings. The van der Waals surface area contributed by atoms with Crippen LogP contribution in [0.25, 0.3) is 10.8 Å². The number of carbonyl (C=O) groups excluding carboxylic acids is 3. The summed E-state index contributed by atoms with van der Waals surface area (Å²) in [4.78, 5) is 43.0. The van der Waals surface area contributed by atoms with E-state index in [-0.39, 0.29) is 24.1 Å². The predicted molar refractivity (Wildman–Crippen MR) is 144 cm³/mol. The maximum absolute atomic E-state index is 13.5. The van der Waals surface area contributed by atoms with Crippen molar-refractivity contribution in [2.75, 3.05) is 11.4 Å². The van der Waals surface area contributed by atoms with E-state index in [0.29, 0.717) is 25.1 Å². The normalized spacial score (nSPS) is 13.7. The molecule has 0 saturated heterocycles. The minimum atomic E-state index is -0.622. The van der Waals surface area contributed by atoms with E-state index in [9.17, 15) is 14.4 Å². The fourth-order valence-corrected chi connectivity index (χ4v) is 4.76. The van der Waals surface area contributed by atoms with Gasteiger partial charge in [-0.1, -0.05) is 48.5 Å². The highest BCUT2D eigenvalue weighted by Crippen LogP contribution is 2.37. The molecule has 0 aromatic heterocycles. The maximum Gasteiger partial charge on any atom is 0.258 e. The van der Waals surface area contributed by atoms with Crippen molar-refractivity contribution in [3.05, 3.63) is 77.4 Å². The highest BCUT2D eigenvalue weighted by Gasteiger charge is 2.31. The summed E-state index contributed by atoms with van der Waals surface area (Å²) in [6.07, 6.45) is 0.752. The van der Waals surface area contributed by atoms with Crippen molar-refractivity contribution in [2.24, 2.45) is 0 Å². The van der Waals surface area contributed by atoms with Crippen LogP contribution in [0.2, 0.25) is 0 Å². The summed E-state index contributed by atoms with van der Waals surface area (Å²) in [7, 11) is 0. The van der Waals surface area contributed by atoms with Gasteiger partial charge in [0.15, 0.2) is 0 Å². The van der Waals surface area contributed by atoms with Crippen LogP contribution in [0.15, 0.2) is 60.7 Å². The van der Waals surface area contributed by atoms with Crippen molar-refractivity contribution < 1.29 is 14.4 Å². The molecule has 0 bridgehead atoms. The average Bonchev–Trinajstić information content (AvgIpc) is 3.10. The SMILES string of the molecule is Cc1ccccc1CN(C(=O)CCCN1C(=O)c2cccc3cccc1c23)[C@@H](C)C(=O)NC(C)(C)C. The first-order chi connectivity index (χ1) is 17.1. The Bertz CT molecular complexity index is 1300. The smallest absolute Gasteiger partial charge is 0.258 e. The standard InChI is InChI=1S/C30H35N3O3/c1-20-11-6-7-12-23(20)19-33(21(2)28(35)31-30(3,4)5)26(34)17-10-18-32-25-16-9-14-22-13-8-15-24(27(22)25)29(32)36/h6-9,11-16,21H,10,17-19H2,1-5H3,(H,31,35)/t21-/m0/s1. The summed E-state index contributed by atoms with van der Waals surface area (Å²) in [5.74, 6) is -0.303. The number of amides is 3. The largest absolute Gasteiger partial charge is 0.350 e. The molecule has 3 amide bonds. The van der Waals surface area contributed by atoms with Crippen molar-refractivity contribution in [2.45, 2.75) is 65.6 Å². The summed E-state index contributed by atoms with van der Waals surface area (Å²) in [5, 5.41) is 5.02. The van der Waals surface area contributed by atoms with Gasteiger partial charge in [0.1, 0.15) is 6.04 Å². The molecule has 0 spiro atoms. The van der Waals surface area contributed by atoms with Crippen LogP contribution in [0, 0.1) is 6.92 Å². The number of rotatable bonds is 8. The molecule has 3 aromatic carbocycles. The lowest BCUT2D eigenvalue weighted by atomic mass is 10.1. The van der Waals surface area contributed by atoms with Gasteiger partial charge in [0, 0.05) is 36.0 Å². The molecule has 6 heteroatoms. The van der Waals surface area contributed by atoms with Crippen LogP contribution in [0.4, 0.5) is 5.69 Å². The molecule has 4 rings (SSSR count). The van der Waals surface area contributed by atoms with E-state index in [0.717, 1.165) is 27.6 Å². The lowest BCUT2D eigenvalue weighted by molar-refractivity contribution is -0.141. The zero-order valence-electron chi connectivity index (χ0n) is 21.8. The first kappa shape index (κ1) is 25.4. The van der Waals surface area contributed by atoms with Gasteiger partial charge in [-0.25, -0.2) is 0 Å². The van der Waals surface area contributed by atoms with Gasteiger partial charge in [-0.2, -0.15) is 0 Å². The summed E-state index contributed by atoms with van der Waals surface area (Å²) in [6.45, 7) is 10.4. The fourth-order valence-electron chi connectivity index (χ4n) is 4.76. The van der Waals surface area contributed by atoms with E-state index in [1.165, 1.54) is 0 Å². The Labute approximate surface area is 213 Å². The van der Waals surface area contributed by atoms with E-state index in [2.05, 4.69) is 5.32 Å². The lowest BCUT2D eigenvalue weighted by Gasteiger charge is -2.32. The summed E-state index contributed by atoms with van der Waals surface area (Å²) < 4.78 is 0. The van der Waals surface area contributed by atoms with Crippen LogP contribution in [-0.2, 0) is 16.1 Å². The third kappa shape index (κ3) is 5.27. The third-order valence-corrected chi connectivity index (χ3v) is 6.69. The van der Waals surface area contributed by atoms with Gasteiger partial charge in [0.2, 0.25) is 11.8 Å². The summed E-state index contributed by atoms with van der Waals surface area (Å²) >= 11 is 0. The molecular weight excluding hydrogens is 450 g/mol. The summed E-state index contributed by atoms with van der Waals surface area (Å²) in [5.41, 5.74) is 3.30. The Morgan fingerprint density at radius 2 is 1.69 bits per heavy atom. The highest BCUT2D eigenvalue weighted by atomic mass is 16.2. The Morgan fingerprint density at radius 1 is 1.00 bits per heavy atom. The van der Waals surface area contributed by atoms with E-state index in [4.69, 9.17) is 0 Å². The molecule has 0 fully saturated rings. The van der Waals surface area contributed by atoms with Crippen molar-refractivity contribution in [1.82, 2.24) is 10.2 Å². The molecule has 188 valence electrons. The Balaban J connectivity index is 1.48. The second kappa shape index (κ2) is 10.1. The van der Waals surface area contributed by atoms with E-state index in [1.807, 2.05) is 88.4 Å². The summed E-state index contributed by atoms with van der Waals surface area (Å²) in [6, 6.07) is 19.0. The van der Waals surface area contributed by atoms with Crippen LogP contribution in [0.3, 0.4) is 0 Å². The maximum atomic E-state index is 13.5. The van der Waals surface area contributed by atoms with Crippen LogP contribution in [-0.4, -0.2) is 40.7 Å². The molecule has 1 atom stereocenters. The zero-order valence-corrected chi connectivity index (χ0v) is 21.8. The molecule has 0 saturated carbocycles. The molecule has 36 heavy (non-hydrogen) atoms. The number of hydrogen-bond acceptors (Lipinski definition) is 3. The van der Waals surface area contributed by atoms with Gasteiger partial charge in [-0.05, 0) is 69.7 Å². The zero-order chi connectivity index (χ0) is 26.0. The van der Waals surface area contributed by atoms with E-state index in [1.54, 1.807) is 16.7 Å². The van der Waals surface area contributed by atoms with Gasteiger partial charge in [-0.3, -0.25) is 14.4 Å². The van der Waals surface area contributed by atoms with Crippen LogP contribution in [0.1, 0.15) is 62.0 Å². The number of nitrogens with zero attached hydrogens (tertiary/aromatic N) is 2. The number of hydrogen-bond donors (Lipinski definition) is 1. The van der Waals surface area contributed by atoms with Gasteiger partial charge in [-0.15, -0.1) is 0 Å². The fraction of sp³-hybridized carbons (Fsp3) is 0.367. The van der Waals surface area contributed by atoms with Crippen LogP contribution < -0.4 is 10.2 Å². The Kier molecular flexibility index (Phi) is 7.16. The number of carbonyl (C=O) groups is 3. The highest BCUT2D eigenvalue weighted by molar-refractivity contribution is 6.25. The van der Waals surface area contributed by atoms with Crippen molar-refractivity contribution >= 4 is 34.2 Å². The molecule has 3 aromatic rings. The molecule has 1 heterocycles. The lowest BCUT2D eigenvalue weighted by Crippen LogP contribution is -2.52. The number of benzene rings is 3. The van der Waals surface area contributed by atoms with Crippen molar-refractivity contribution in [3.63, 3.8) is 0 Å². The molecule has 1 aliphatic heterocycles. The molecule has 0 unspecified atom stereocenters. The van der Waals surface area contributed by atoms with Gasteiger partial charge < -0.3 is 15.1 Å².